The highest BCUT2D eigenvalue weighted by atomic mass is 16.5. The largest absolute Gasteiger partial charge is 0.480 e. The normalized spacial score (nSPS) is 23.9. The zero-order chi connectivity index (χ0) is 14.6. The van der Waals surface area contributed by atoms with E-state index in [1.165, 1.54) is 4.90 Å². The maximum atomic E-state index is 12.2. The van der Waals surface area contributed by atoms with Gasteiger partial charge in [-0.1, -0.05) is 6.92 Å². The Kier molecular flexibility index (Phi) is 5.29. The highest BCUT2D eigenvalue weighted by Gasteiger charge is 2.38. The number of carbonyl (C=O) groups excluding carboxylic acids is 1. The first-order valence-corrected chi connectivity index (χ1v) is 6.27. The first-order chi connectivity index (χ1) is 8.86. The Labute approximate surface area is 111 Å². The fraction of sp³-hybridized carbons (Fsp3) is 0.750. The van der Waals surface area contributed by atoms with E-state index in [1.54, 1.807) is 6.92 Å². The number of aliphatic carboxylic acids is 2. The van der Waals surface area contributed by atoms with E-state index in [1.807, 2.05) is 6.92 Å². The molecule has 0 aromatic rings. The third-order valence-corrected chi connectivity index (χ3v) is 3.28. The molecular formula is C12H19NO6. The average molecular weight is 273 g/mol. The van der Waals surface area contributed by atoms with E-state index in [4.69, 9.17) is 14.9 Å². The van der Waals surface area contributed by atoms with Crippen molar-refractivity contribution < 1.29 is 29.3 Å². The number of carboxylic acids is 2. The van der Waals surface area contributed by atoms with Crippen molar-refractivity contribution in [2.24, 2.45) is 0 Å². The minimum Gasteiger partial charge on any atom is -0.480 e. The molecule has 0 aliphatic carbocycles. The van der Waals surface area contributed by atoms with Crippen LogP contribution in [-0.4, -0.2) is 57.8 Å². The van der Waals surface area contributed by atoms with Crippen LogP contribution in [0, 0.1) is 0 Å². The molecule has 0 spiro atoms. The maximum absolute atomic E-state index is 12.2. The van der Waals surface area contributed by atoms with Gasteiger partial charge in [-0.05, 0) is 26.2 Å². The summed E-state index contributed by atoms with van der Waals surface area (Å²) in [4.78, 5) is 35.0. The van der Waals surface area contributed by atoms with Gasteiger partial charge in [0.05, 0.1) is 0 Å². The van der Waals surface area contributed by atoms with Gasteiger partial charge < -0.3 is 19.8 Å². The molecule has 1 rings (SSSR count). The molecular weight excluding hydrogens is 254 g/mol. The maximum Gasteiger partial charge on any atom is 0.332 e. The lowest BCUT2D eigenvalue weighted by atomic mass is 10.1. The Balaban J connectivity index is 2.72. The number of carboxylic acid groups (broad SMARTS) is 2. The summed E-state index contributed by atoms with van der Waals surface area (Å²) in [6, 6.07) is -0.226. The molecule has 0 saturated carbocycles. The number of hydrogen-bond acceptors (Lipinski definition) is 4. The van der Waals surface area contributed by atoms with Gasteiger partial charge in [0.1, 0.15) is 12.6 Å². The number of hydrogen-bond donors (Lipinski definition) is 2. The summed E-state index contributed by atoms with van der Waals surface area (Å²) in [5.41, 5.74) is 0. The highest BCUT2D eigenvalue weighted by molar-refractivity contribution is 5.86. The van der Waals surface area contributed by atoms with Crippen molar-refractivity contribution in [3.8, 4) is 0 Å². The summed E-state index contributed by atoms with van der Waals surface area (Å²) in [5.74, 6) is -2.63. The predicted molar refractivity (Wildman–Crippen MR) is 64.6 cm³/mol. The molecule has 1 fully saturated rings. The molecule has 0 aromatic heterocycles. The molecule has 2 N–H and O–H groups in total. The van der Waals surface area contributed by atoms with Crippen molar-refractivity contribution >= 4 is 17.8 Å². The van der Waals surface area contributed by atoms with E-state index < -0.39 is 36.6 Å². The topological polar surface area (TPSA) is 104 Å². The highest BCUT2D eigenvalue weighted by Crippen LogP contribution is 2.22. The van der Waals surface area contributed by atoms with Gasteiger partial charge >= 0.3 is 11.9 Å². The van der Waals surface area contributed by atoms with Gasteiger partial charge in [-0.2, -0.15) is 0 Å². The van der Waals surface area contributed by atoms with Crippen LogP contribution in [0.4, 0.5) is 0 Å². The standard InChI is InChI=1S/C12H19NO6/c1-3-7(2)13(6-10(14)15)11(16)8-4-5-9(19-8)12(17)18/h7-9H,3-6H2,1-2H3,(H,14,15)(H,17,18)/t7-,8-,9+/m0/s1. The van der Waals surface area contributed by atoms with Crippen LogP contribution in [0.15, 0.2) is 0 Å². The Hall–Kier alpha value is -1.63. The third-order valence-electron chi connectivity index (χ3n) is 3.28. The van der Waals surface area contributed by atoms with Gasteiger partial charge in [0.2, 0.25) is 0 Å². The number of nitrogens with zero attached hydrogens (tertiary/aromatic N) is 1. The lowest BCUT2D eigenvalue weighted by Gasteiger charge is -2.29. The van der Waals surface area contributed by atoms with Gasteiger partial charge in [0.25, 0.3) is 5.91 Å². The summed E-state index contributed by atoms with van der Waals surface area (Å²) in [6.07, 6.45) is -0.629. The molecule has 0 unspecified atom stereocenters. The molecule has 1 amide bonds. The van der Waals surface area contributed by atoms with Gasteiger partial charge in [-0.15, -0.1) is 0 Å². The molecule has 7 heteroatoms. The number of amides is 1. The fourth-order valence-electron chi connectivity index (χ4n) is 2.00. The average Bonchev–Trinajstić information content (AvgIpc) is 2.83. The van der Waals surface area contributed by atoms with Crippen LogP contribution >= 0.6 is 0 Å². The minimum atomic E-state index is -1.10. The van der Waals surface area contributed by atoms with E-state index in [2.05, 4.69) is 0 Å². The summed E-state index contributed by atoms with van der Waals surface area (Å²) in [7, 11) is 0. The minimum absolute atomic E-state index is 0.226. The monoisotopic (exact) mass is 273 g/mol. The Morgan fingerprint density at radius 1 is 1.26 bits per heavy atom. The van der Waals surface area contributed by atoms with E-state index in [9.17, 15) is 14.4 Å². The van der Waals surface area contributed by atoms with Crippen LogP contribution in [0.1, 0.15) is 33.1 Å². The van der Waals surface area contributed by atoms with E-state index in [0.29, 0.717) is 12.8 Å². The van der Waals surface area contributed by atoms with E-state index >= 15 is 0 Å². The molecule has 1 aliphatic heterocycles. The van der Waals surface area contributed by atoms with E-state index in [0.717, 1.165) is 0 Å². The predicted octanol–water partition coefficient (Wildman–Crippen LogP) is 0.330. The zero-order valence-electron chi connectivity index (χ0n) is 11.0. The quantitative estimate of drug-likeness (QED) is 0.722. The lowest BCUT2D eigenvalue weighted by molar-refractivity contribution is -0.158. The molecule has 0 aromatic carbocycles. The van der Waals surface area contributed by atoms with Gasteiger partial charge in [0.15, 0.2) is 6.10 Å². The van der Waals surface area contributed by atoms with Crippen LogP contribution in [0.25, 0.3) is 0 Å². The Morgan fingerprint density at radius 2 is 1.84 bits per heavy atom. The first kappa shape index (κ1) is 15.4. The van der Waals surface area contributed by atoms with Gasteiger partial charge in [-0.25, -0.2) is 4.79 Å². The number of ether oxygens (including phenoxy) is 1. The van der Waals surface area contributed by atoms with Crippen molar-refractivity contribution in [3.63, 3.8) is 0 Å². The van der Waals surface area contributed by atoms with Gasteiger partial charge in [0, 0.05) is 6.04 Å². The second kappa shape index (κ2) is 6.51. The molecule has 1 heterocycles. The molecule has 1 saturated heterocycles. The van der Waals surface area contributed by atoms with Crippen LogP contribution in [0.5, 0.6) is 0 Å². The van der Waals surface area contributed by atoms with Crippen LogP contribution in [-0.2, 0) is 19.1 Å². The molecule has 1 aliphatic rings. The number of carbonyl (C=O) groups is 3. The van der Waals surface area contributed by atoms with Crippen molar-refractivity contribution in [2.45, 2.75) is 51.4 Å². The molecule has 0 radical (unpaired) electrons. The zero-order valence-corrected chi connectivity index (χ0v) is 11.0. The van der Waals surface area contributed by atoms with Gasteiger partial charge in [-0.3, -0.25) is 9.59 Å². The molecule has 0 bridgehead atoms. The summed E-state index contributed by atoms with van der Waals surface area (Å²) < 4.78 is 5.16. The van der Waals surface area contributed by atoms with Crippen molar-refractivity contribution in [3.05, 3.63) is 0 Å². The number of rotatable bonds is 6. The third kappa shape index (κ3) is 3.92. The van der Waals surface area contributed by atoms with Crippen LogP contribution in [0.3, 0.4) is 0 Å². The summed E-state index contributed by atoms with van der Waals surface area (Å²) >= 11 is 0. The molecule has 3 atom stereocenters. The van der Waals surface area contributed by atoms with Crippen molar-refractivity contribution in [1.29, 1.82) is 0 Å². The van der Waals surface area contributed by atoms with Crippen LogP contribution in [0.2, 0.25) is 0 Å². The second-order valence-corrected chi connectivity index (χ2v) is 4.65. The smallest absolute Gasteiger partial charge is 0.332 e. The molecule has 19 heavy (non-hydrogen) atoms. The second-order valence-electron chi connectivity index (χ2n) is 4.65. The Bertz CT molecular complexity index is 369. The molecule has 108 valence electrons. The van der Waals surface area contributed by atoms with Crippen LogP contribution < -0.4 is 0 Å². The van der Waals surface area contributed by atoms with Crippen molar-refractivity contribution in [1.82, 2.24) is 4.90 Å². The summed E-state index contributed by atoms with van der Waals surface area (Å²) in [6.45, 7) is 3.21. The lowest BCUT2D eigenvalue weighted by Crippen LogP contribution is -2.47. The molecule has 7 nitrogen and oxygen atoms in total. The SMILES string of the molecule is CC[C@H](C)N(CC(=O)O)C(=O)[C@@H]1CC[C@H](C(=O)O)O1. The fourth-order valence-corrected chi connectivity index (χ4v) is 2.00. The summed E-state index contributed by atoms with van der Waals surface area (Å²) in [5, 5.41) is 17.6. The van der Waals surface area contributed by atoms with E-state index in [-0.39, 0.29) is 12.5 Å². The first-order valence-electron chi connectivity index (χ1n) is 6.27. The Morgan fingerprint density at radius 3 is 2.26 bits per heavy atom. The van der Waals surface area contributed by atoms with Crippen molar-refractivity contribution in [2.75, 3.05) is 6.54 Å².